The normalized spacial score (nSPS) is 16.4. The Bertz CT molecular complexity index is 785. The van der Waals surface area contributed by atoms with Crippen LogP contribution in [0.15, 0.2) is 48.5 Å². The zero-order valence-electron chi connectivity index (χ0n) is 17.7. The topological polar surface area (TPSA) is 50.8 Å². The molecule has 2 aromatic carbocycles. The van der Waals surface area contributed by atoms with Crippen LogP contribution in [-0.2, 0) is 16.1 Å². The molecule has 156 valence electrons. The van der Waals surface area contributed by atoms with Gasteiger partial charge in [-0.3, -0.25) is 9.69 Å². The van der Waals surface area contributed by atoms with Gasteiger partial charge < -0.3 is 14.8 Å². The highest BCUT2D eigenvalue weighted by Crippen LogP contribution is 2.25. The number of nitrogens with one attached hydrogen (secondary N) is 1. The minimum absolute atomic E-state index is 0.0794. The number of benzene rings is 2. The first kappa shape index (κ1) is 21.3. The summed E-state index contributed by atoms with van der Waals surface area (Å²) in [7, 11) is 1.64. The van der Waals surface area contributed by atoms with Gasteiger partial charge in [0.05, 0.1) is 19.8 Å². The highest BCUT2D eigenvalue weighted by Gasteiger charge is 2.25. The second-order valence-electron chi connectivity index (χ2n) is 7.72. The predicted octanol–water partition coefficient (Wildman–Crippen LogP) is 3.86. The minimum atomic E-state index is -0.515. The molecule has 1 fully saturated rings. The molecule has 0 saturated carbocycles. The van der Waals surface area contributed by atoms with Crippen LogP contribution in [0.5, 0.6) is 5.75 Å². The molecule has 5 heteroatoms. The SMILES string of the molecule is COc1cccc(COC(C)C(=O)NCC(c2ccc(C)cc2)N2CCCC2)c1. The largest absolute Gasteiger partial charge is 0.497 e. The fourth-order valence-corrected chi connectivity index (χ4v) is 3.70. The fraction of sp³-hybridized carbons (Fsp3) is 0.458. The Hall–Kier alpha value is -2.37. The third-order valence-electron chi connectivity index (χ3n) is 5.52. The van der Waals surface area contributed by atoms with Crippen molar-refractivity contribution in [2.45, 2.75) is 45.4 Å². The molecule has 1 heterocycles. The van der Waals surface area contributed by atoms with Crippen molar-refractivity contribution >= 4 is 5.91 Å². The molecule has 2 aromatic rings. The van der Waals surface area contributed by atoms with Crippen molar-refractivity contribution in [1.29, 1.82) is 0 Å². The highest BCUT2D eigenvalue weighted by atomic mass is 16.5. The van der Waals surface area contributed by atoms with Crippen molar-refractivity contribution in [1.82, 2.24) is 10.2 Å². The van der Waals surface area contributed by atoms with Crippen molar-refractivity contribution in [3.05, 3.63) is 65.2 Å². The number of hydrogen-bond donors (Lipinski definition) is 1. The molecule has 1 N–H and O–H groups in total. The molecule has 0 bridgehead atoms. The van der Waals surface area contributed by atoms with E-state index in [-0.39, 0.29) is 11.9 Å². The Morgan fingerprint density at radius 3 is 2.55 bits per heavy atom. The molecule has 1 aliphatic rings. The molecule has 1 amide bonds. The maximum absolute atomic E-state index is 12.6. The summed E-state index contributed by atoms with van der Waals surface area (Å²) in [4.78, 5) is 15.1. The molecule has 1 aliphatic heterocycles. The third-order valence-corrected chi connectivity index (χ3v) is 5.52. The number of carbonyl (C=O) groups excluding carboxylic acids is 1. The van der Waals surface area contributed by atoms with Crippen LogP contribution in [0.2, 0.25) is 0 Å². The minimum Gasteiger partial charge on any atom is -0.497 e. The number of rotatable bonds is 9. The lowest BCUT2D eigenvalue weighted by Gasteiger charge is -2.29. The first-order chi connectivity index (χ1) is 14.1. The number of likely N-dealkylation sites (tertiary alicyclic amines) is 1. The van der Waals surface area contributed by atoms with Gasteiger partial charge in [-0.1, -0.05) is 42.0 Å². The fourth-order valence-electron chi connectivity index (χ4n) is 3.70. The molecule has 3 rings (SSSR count). The zero-order chi connectivity index (χ0) is 20.6. The number of methoxy groups -OCH3 is 1. The number of amides is 1. The Balaban J connectivity index is 1.55. The molecule has 0 spiro atoms. The van der Waals surface area contributed by atoms with Crippen molar-refractivity contribution in [2.24, 2.45) is 0 Å². The van der Waals surface area contributed by atoms with E-state index in [4.69, 9.17) is 9.47 Å². The lowest BCUT2D eigenvalue weighted by atomic mass is 10.0. The summed E-state index contributed by atoms with van der Waals surface area (Å²) in [5.41, 5.74) is 3.49. The van der Waals surface area contributed by atoms with Crippen molar-refractivity contribution in [2.75, 3.05) is 26.7 Å². The molecular weight excluding hydrogens is 364 g/mol. The summed E-state index contributed by atoms with van der Waals surface area (Å²) in [5, 5.41) is 3.10. The van der Waals surface area contributed by atoms with Gasteiger partial charge in [0.15, 0.2) is 0 Å². The summed E-state index contributed by atoms with van der Waals surface area (Å²) >= 11 is 0. The van der Waals surface area contributed by atoms with Crippen molar-refractivity contribution in [3.63, 3.8) is 0 Å². The van der Waals surface area contributed by atoms with Crippen LogP contribution in [-0.4, -0.2) is 43.7 Å². The molecule has 1 saturated heterocycles. The van der Waals surface area contributed by atoms with E-state index < -0.39 is 6.10 Å². The summed E-state index contributed by atoms with van der Waals surface area (Å²) in [6, 6.07) is 16.5. The number of aryl methyl sites for hydroxylation is 1. The quantitative estimate of drug-likeness (QED) is 0.699. The first-order valence-electron chi connectivity index (χ1n) is 10.4. The highest BCUT2D eigenvalue weighted by molar-refractivity contribution is 5.80. The van der Waals surface area contributed by atoms with Crippen LogP contribution in [0, 0.1) is 6.92 Å². The molecular formula is C24H32N2O3. The summed E-state index contributed by atoms with van der Waals surface area (Å²) < 4.78 is 11.0. The van der Waals surface area contributed by atoms with Gasteiger partial charge in [0.1, 0.15) is 11.9 Å². The third kappa shape index (κ3) is 6.05. The maximum atomic E-state index is 12.6. The maximum Gasteiger partial charge on any atom is 0.248 e. The van der Waals surface area contributed by atoms with Crippen LogP contribution in [0.3, 0.4) is 0 Å². The molecule has 0 aliphatic carbocycles. The second kappa shape index (κ2) is 10.4. The summed E-state index contributed by atoms with van der Waals surface area (Å²) in [6.07, 6.45) is 1.92. The molecule has 29 heavy (non-hydrogen) atoms. The van der Waals surface area contributed by atoms with Gasteiger partial charge in [-0.2, -0.15) is 0 Å². The summed E-state index contributed by atoms with van der Waals surface area (Å²) in [5.74, 6) is 0.707. The van der Waals surface area contributed by atoms with E-state index >= 15 is 0 Å². The molecule has 2 atom stereocenters. The molecule has 0 aromatic heterocycles. The van der Waals surface area contributed by atoms with E-state index in [9.17, 15) is 4.79 Å². The first-order valence-corrected chi connectivity index (χ1v) is 10.4. The van der Waals surface area contributed by atoms with Crippen LogP contribution < -0.4 is 10.1 Å². The monoisotopic (exact) mass is 396 g/mol. The van der Waals surface area contributed by atoms with Crippen molar-refractivity contribution in [3.8, 4) is 5.75 Å². The zero-order valence-corrected chi connectivity index (χ0v) is 17.7. The summed E-state index contributed by atoms with van der Waals surface area (Å²) in [6.45, 7) is 7.02. The average molecular weight is 397 g/mol. The van der Waals surface area contributed by atoms with E-state index in [0.29, 0.717) is 13.2 Å². The lowest BCUT2D eigenvalue weighted by Crippen LogP contribution is -2.41. The van der Waals surface area contributed by atoms with Crippen LogP contribution in [0.1, 0.15) is 42.5 Å². The van der Waals surface area contributed by atoms with Crippen molar-refractivity contribution < 1.29 is 14.3 Å². The Labute approximate surface area is 174 Å². The van der Waals surface area contributed by atoms with Gasteiger partial charge in [0.25, 0.3) is 0 Å². The van der Waals surface area contributed by atoms with Crippen LogP contribution >= 0.6 is 0 Å². The van der Waals surface area contributed by atoms with Gasteiger partial charge in [-0.15, -0.1) is 0 Å². The Morgan fingerprint density at radius 2 is 1.86 bits per heavy atom. The van der Waals surface area contributed by atoms with E-state index in [2.05, 4.69) is 41.4 Å². The standard InChI is InChI=1S/C24H32N2O3/c1-18-9-11-21(12-10-18)23(26-13-4-5-14-26)16-25-24(27)19(2)29-17-20-7-6-8-22(15-20)28-3/h6-12,15,19,23H,4-5,13-14,16-17H2,1-3H3,(H,25,27). The average Bonchev–Trinajstić information content (AvgIpc) is 3.28. The molecule has 5 nitrogen and oxygen atoms in total. The molecule has 2 unspecified atom stereocenters. The molecule has 0 radical (unpaired) electrons. The van der Waals surface area contributed by atoms with Gasteiger partial charge in [-0.05, 0) is 63.0 Å². The van der Waals surface area contributed by atoms with Gasteiger partial charge >= 0.3 is 0 Å². The number of hydrogen-bond acceptors (Lipinski definition) is 4. The predicted molar refractivity (Wildman–Crippen MR) is 115 cm³/mol. The van der Waals surface area contributed by atoms with E-state index in [1.54, 1.807) is 14.0 Å². The lowest BCUT2D eigenvalue weighted by molar-refractivity contribution is -0.132. The smallest absolute Gasteiger partial charge is 0.248 e. The number of nitrogens with zero attached hydrogens (tertiary/aromatic N) is 1. The number of ether oxygens (including phenoxy) is 2. The van der Waals surface area contributed by atoms with Gasteiger partial charge in [0, 0.05) is 6.54 Å². The number of carbonyl (C=O) groups is 1. The van der Waals surface area contributed by atoms with Crippen LogP contribution in [0.4, 0.5) is 0 Å². The van der Waals surface area contributed by atoms with Crippen LogP contribution in [0.25, 0.3) is 0 Å². The Morgan fingerprint density at radius 1 is 1.14 bits per heavy atom. The van der Waals surface area contributed by atoms with Gasteiger partial charge in [0.2, 0.25) is 5.91 Å². The van der Waals surface area contributed by atoms with E-state index in [1.807, 2.05) is 24.3 Å². The Kier molecular flexibility index (Phi) is 7.67. The second-order valence-corrected chi connectivity index (χ2v) is 7.72. The van der Waals surface area contributed by atoms with E-state index in [0.717, 1.165) is 24.4 Å². The van der Waals surface area contributed by atoms with E-state index in [1.165, 1.54) is 24.0 Å². The van der Waals surface area contributed by atoms with Gasteiger partial charge in [-0.25, -0.2) is 0 Å².